The molecule has 0 saturated heterocycles. The van der Waals surface area contributed by atoms with E-state index in [-0.39, 0.29) is 0 Å². The van der Waals surface area contributed by atoms with Gasteiger partial charge in [0.15, 0.2) is 0 Å². The van der Waals surface area contributed by atoms with Gasteiger partial charge in [-0.25, -0.2) is 0 Å². The van der Waals surface area contributed by atoms with Gasteiger partial charge < -0.3 is 0 Å². The first-order valence-electron chi connectivity index (χ1n) is 2.90. The van der Waals surface area contributed by atoms with Crippen molar-refractivity contribution in [2.75, 3.05) is 0 Å². The van der Waals surface area contributed by atoms with Crippen LogP contribution in [0, 0.1) is 0 Å². The Kier molecular flexibility index (Phi) is 5.79. The first-order chi connectivity index (χ1) is 4.85. The van der Waals surface area contributed by atoms with Crippen LogP contribution in [-0.2, 0) is 4.79 Å². The van der Waals surface area contributed by atoms with Crippen LogP contribution in [0.1, 0.15) is 6.92 Å². The highest BCUT2D eigenvalue weighted by Crippen LogP contribution is 1.93. The quantitative estimate of drug-likeness (QED) is 0.349. The summed E-state index contributed by atoms with van der Waals surface area (Å²) in [5.74, 6) is 0. The summed E-state index contributed by atoms with van der Waals surface area (Å²) in [6.07, 6.45) is 7.52. The molecule has 0 aromatic carbocycles. The Morgan fingerprint density at radius 2 is 2.20 bits per heavy atom. The molecular weight excluding hydrogens is 148 g/mol. The number of carbonyl (C=O) groups excluding carboxylic acids is 1. The van der Waals surface area contributed by atoms with Crippen molar-refractivity contribution in [1.29, 1.82) is 0 Å². The van der Waals surface area contributed by atoms with Gasteiger partial charge in [0, 0.05) is 11.1 Å². The van der Waals surface area contributed by atoms with Crippen LogP contribution in [0.5, 0.6) is 0 Å². The van der Waals surface area contributed by atoms with Crippen LogP contribution >= 0.6 is 11.6 Å². The summed E-state index contributed by atoms with van der Waals surface area (Å²) in [6, 6.07) is 0. The lowest BCUT2D eigenvalue weighted by Gasteiger charge is -1.82. The van der Waals surface area contributed by atoms with Crippen molar-refractivity contribution in [2.45, 2.75) is 6.92 Å². The van der Waals surface area contributed by atoms with Crippen molar-refractivity contribution in [3.05, 3.63) is 35.4 Å². The fourth-order valence-corrected chi connectivity index (χ4v) is 0.547. The maximum atomic E-state index is 10.2. The zero-order chi connectivity index (χ0) is 7.82. The zero-order valence-electron chi connectivity index (χ0n) is 5.75. The predicted octanol–water partition coefficient (Wildman–Crippen LogP) is 2.44. The second-order valence-corrected chi connectivity index (χ2v) is 1.85. The maximum absolute atomic E-state index is 10.2. The van der Waals surface area contributed by atoms with E-state index in [4.69, 9.17) is 11.6 Å². The van der Waals surface area contributed by atoms with Gasteiger partial charge in [-0.3, -0.25) is 4.79 Å². The van der Waals surface area contributed by atoms with Gasteiger partial charge >= 0.3 is 0 Å². The summed E-state index contributed by atoms with van der Waals surface area (Å²) in [7, 11) is 0. The van der Waals surface area contributed by atoms with E-state index in [0.717, 1.165) is 6.29 Å². The third-order valence-electron chi connectivity index (χ3n) is 0.857. The average Bonchev–Trinajstić information content (AvgIpc) is 1.98. The topological polar surface area (TPSA) is 17.1 Å². The van der Waals surface area contributed by atoms with E-state index >= 15 is 0 Å². The summed E-state index contributed by atoms with van der Waals surface area (Å²) >= 11 is 5.24. The largest absolute Gasteiger partial charge is 0.298 e. The summed E-state index contributed by atoms with van der Waals surface area (Å²) in [5.41, 5.74) is 1.96. The molecule has 0 heterocycles. The van der Waals surface area contributed by atoms with E-state index in [0.29, 0.717) is 5.57 Å². The van der Waals surface area contributed by atoms with Gasteiger partial charge in [-0.05, 0) is 6.92 Å². The van der Waals surface area contributed by atoms with Crippen molar-refractivity contribution >= 4 is 17.9 Å². The molecule has 0 rings (SSSR count). The van der Waals surface area contributed by atoms with Crippen LogP contribution in [0.2, 0.25) is 0 Å². The fourth-order valence-electron chi connectivity index (χ4n) is 0.474. The zero-order valence-corrected chi connectivity index (χ0v) is 6.51. The molecule has 2 heteroatoms. The van der Waals surface area contributed by atoms with E-state index in [1.165, 1.54) is 5.54 Å². The smallest absolute Gasteiger partial charge is 0.150 e. The maximum Gasteiger partial charge on any atom is 0.150 e. The van der Waals surface area contributed by atoms with Gasteiger partial charge in [-0.1, -0.05) is 35.9 Å². The molecule has 0 radical (unpaired) electrons. The number of halogens is 1. The summed E-state index contributed by atoms with van der Waals surface area (Å²) in [6.45, 7) is 1.85. The minimum absolute atomic E-state index is 0.611. The van der Waals surface area contributed by atoms with E-state index < -0.39 is 0 Å². The average molecular weight is 157 g/mol. The van der Waals surface area contributed by atoms with E-state index in [1.54, 1.807) is 24.3 Å². The lowest BCUT2D eigenvalue weighted by molar-refractivity contribution is -0.104. The molecule has 0 saturated carbocycles. The lowest BCUT2D eigenvalue weighted by atomic mass is 10.2. The molecule has 54 valence electrons. The minimum Gasteiger partial charge on any atom is -0.298 e. The standard InChI is InChI=1S/C8H9ClO/c1-2-4-8(7-10)5-3-6-9/h2-7H,1H3/b4-2-,6-3+,8-5+. The normalized spacial score (nSPS) is 13.2. The number of hydrogen-bond donors (Lipinski definition) is 0. The predicted molar refractivity (Wildman–Crippen MR) is 44.0 cm³/mol. The van der Waals surface area contributed by atoms with Gasteiger partial charge in [0.05, 0.1) is 0 Å². The van der Waals surface area contributed by atoms with Crippen molar-refractivity contribution in [3.63, 3.8) is 0 Å². The second kappa shape index (κ2) is 6.30. The Morgan fingerprint density at radius 3 is 2.60 bits per heavy atom. The molecule has 0 aromatic rings. The van der Waals surface area contributed by atoms with Crippen LogP contribution in [-0.4, -0.2) is 6.29 Å². The van der Waals surface area contributed by atoms with Crippen LogP contribution in [0.15, 0.2) is 35.4 Å². The fraction of sp³-hybridized carbons (Fsp3) is 0.125. The molecule has 0 aliphatic rings. The lowest BCUT2D eigenvalue weighted by Crippen LogP contribution is -1.75. The monoisotopic (exact) mass is 156 g/mol. The van der Waals surface area contributed by atoms with Crippen LogP contribution in [0.25, 0.3) is 0 Å². The minimum atomic E-state index is 0.611. The highest BCUT2D eigenvalue weighted by molar-refractivity contribution is 6.25. The Morgan fingerprint density at radius 1 is 1.50 bits per heavy atom. The summed E-state index contributed by atoms with van der Waals surface area (Å²) in [5, 5.41) is 0. The molecule has 0 aromatic heterocycles. The Balaban J connectivity index is 4.17. The molecule has 0 spiro atoms. The molecule has 0 N–H and O–H groups in total. The van der Waals surface area contributed by atoms with Crippen LogP contribution in [0.3, 0.4) is 0 Å². The molecule has 0 amide bonds. The van der Waals surface area contributed by atoms with Gasteiger partial charge in [-0.15, -0.1) is 0 Å². The van der Waals surface area contributed by atoms with Crippen molar-refractivity contribution in [1.82, 2.24) is 0 Å². The number of hydrogen-bond acceptors (Lipinski definition) is 1. The van der Waals surface area contributed by atoms with Gasteiger partial charge in [0.2, 0.25) is 0 Å². The third-order valence-corrected chi connectivity index (χ3v) is 1.00. The van der Waals surface area contributed by atoms with Crippen molar-refractivity contribution < 1.29 is 4.79 Å². The van der Waals surface area contributed by atoms with E-state index in [1.807, 2.05) is 6.92 Å². The molecule has 0 atom stereocenters. The molecule has 0 bridgehead atoms. The Bertz CT molecular complexity index is 178. The highest BCUT2D eigenvalue weighted by Gasteiger charge is 1.81. The number of carbonyl (C=O) groups is 1. The van der Waals surface area contributed by atoms with E-state index in [2.05, 4.69) is 0 Å². The molecule has 10 heavy (non-hydrogen) atoms. The molecular formula is C8H9ClO. The number of rotatable bonds is 3. The molecule has 0 aliphatic carbocycles. The summed E-state index contributed by atoms with van der Waals surface area (Å²) in [4.78, 5) is 10.2. The Labute approximate surface area is 65.7 Å². The Hall–Kier alpha value is -0.820. The number of aldehydes is 1. The van der Waals surface area contributed by atoms with Crippen LogP contribution < -0.4 is 0 Å². The van der Waals surface area contributed by atoms with Gasteiger partial charge in [0.25, 0.3) is 0 Å². The van der Waals surface area contributed by atoms with Gasteiger partial charge in [0.1, 0.15) is 6.29 Å². The number of allylic oxidation sites excluding steroid dienone is 5. The van der Waals surface area contributed by atoms with E-state index in [9.17, 15) is 4.79 Å². The van der Waals surface area contributed by atoms with Crippen molar-refractivity contribution in [3.8, 4) is 0 Å². The SMILES string of the molecule is C\C=C/C(C=O)=C\C=C\Cl. The molecule has 0 aliphatic heterocycles. The molecule has 0 fully saturated rings. The molecule has 0 unspecified atom stereocenters. The third kappa shape index (κ3) is 4.10. The first-order valence-corrected chi connectivity index (χ1v) is 3.33. The first kappa shape index (κ1) is 9.18. The van der Waals surface area contributed by atoms with Crippen molar-refractivity contribution in [2.24, 2.45) is 0 Å². The highest BCUT2D eigenvalue weighted by atomic mass is 35.5. The van der Waals surface area contributed by atoms with Gasteiger partial charge in [-0.2, -0.15) is 0 Å². The van der Waals surface area contributed by atoms with Crippen LogP contribution in [0.4, 0.5) is 0 Å². The second-order valence-electron chi connectivity index (χ2n) is 1.60. The summed E-state index contributed by atoms with van der Waals surface area (Å²) < 4.78 is 0. The molecule has 1 nitrogen and oxygen atoms in total.